The number of hydrogen-bond acceptors (Lipinski definition) is 3. The van der Waals surface area contributed by atoms with E-state index in [1.165, 1.54) is 6.07 Å². The molecule has 2 aliphatic rings. The molecule has 0 radical (unpaired) electrons. The first-order valence-electron chi connectivity index (χ1n) is 8.81. The number of amides is 1. The summed E-state index contributed by atoms with van der Waals surface area (Å²) in [7, 11) is 0. The van der Waals surface area contributed by atoms with Crippen LogP contribution in [-0.4, -0.2) is 35.2 Å². The van der Waals surface area contributed by atoms with Crippen LogP contribution in [0.5, 0.6) is 0 Å². The molecule has 0 atom stereocenters. The normalized spacial score (nSPS) is 16.5. The monoisotopic (exact) mass is 367 g/mol. The van der Waals surface area contributed by atoms with Crippen molar-refractivity contribution in [1.82, 2.24) is 4.98 Å². The molecule has 0 bridgehead atoms. The molecule has 5 rings (SSSR count). The van der Waals surface area contributed by atoms with Crippen molar-refractivity contribution in [3.63, 3.8) is 0 Å². The number of nitrogens with zero attached hydrogens (tertiary/aromatic N) is 1. The molecule has 2 aliphatic heterocycles. The minimum absolute atomic E-state index is 0. The van der Waals surface area contributed by atoms with E-state index in [2.05, 4.69) is 15.2 Å². The summed E-state index contributed by atoms with van der Waals surface area (Å²) in [5.41, 5.74) is 3.53. The molecule has 3 aromatic rings. The number of halogens is 1. The average Bonchev–Trinajstić information content (AvgIpc) is 3.28. The summed E-state index contributed by atoms with van der Waals surface area (Å²) in [5.74, 6) is -0.540. The van der Waals surface area contributed by atoms with Crippen LogP contribution in [0.3, 0.4) is 0 Å². The van der Waals surface area contributed by atoms with Gasteiger partial charge in [-0.1, -0.05) is 7.43 Å². The second kappa shape index (κ2) is 6.39. The molecule has 0 saturated carbocycles. The number of piperidine rings is 1. The Labute approximate surface area is 156 Å². The van der Waals surface area contributed by atoms with Crippen LogP contribution in [-0.2, 0) is 0 Å². The fraction of sp³-hybridized carbons (Fsp3) is 0.286. The predicted molar refractivity (Wildman–Crippen MR) is 106 cm³/mol. The van der Waals surface area contributed by atoms with Crippen molar-refractivity contribution in [3.05, 3.63) is 47.9 Å². The minimum atomic E-state index is -0.333. The third kappa shape index (κ3) is 2.59. The molecule has 0 aliphatic carbocycles. The van der Waals surface area contributed by atoms with E-state index in [0.717, 1.165) is 16.9 Å². The van der Waals surface area contributed by atoms with E-state index in [-0.39, 0.29) is 25.3 Å². The van der Waals surface area contributed by atoms with E-state index in [0.29, 0.717) is 48.0 Å². The summed E-state index contributed by atoms with van der Waals surface area (Å²) in [6, 6.07) is 8.71. The van der Waals surface area contributed by atoms with E-state index < -0.39 is 0 Å². The molecular formula is C21H22FN3O2. The van der Waals surface area contributed by atoms with Gasteiger partial charge in [0.2, 0.25) is 0 Å². The number of carbonyl (C=O) groups is 1. The van der Waals surface area contributed by atoms with Gasteiger partial charge >= 0.3 is 0 Å². The number of benzene rings is 2. The highest BCUT2D eigenvalue weighted by Gasteiger charge is 2.31. The Hall–Kier alpha value is -2.86. The maximum atomic E-state index is 14.8. The van der Waals surface area contributed by atoms with Crippen molar-refractivity contribution >= 4 is 28.1 Å². The summed E-state index contributed by atoms with van der Waals surface area (Å²) >= 11 is 0. The number of carbonyl (C=O) groups excluding carboxylic acids is 1. The van der Waals surface area contributed by atoms with Gasteiger partial charge in [0.05, 0.1) is 11.7 Å². The van der Waals surface area contributed by atoms with E-state index in [4.69, 9.17) is 0 Å². The van der Waals surface area contributed by atoms with Crippen LogP contribution in [0, 0.1) is 5.82 Å². The van der Waals surface area contributed by atoms with Gasteiger partial charge in [0.15, 0.2) is 0 Å². The molecule has 1 aromatic heterocycles. The second-order valence-corrected chi connectivity index (χ2v) is 6.92. The summed E-state index contributed by atoms with van der Waals surface area (Å²) in [5, 5.41) is 13.8. The molecule has 6 heteroatoms. The lowest BCUT2D eigenvalue weighted by atomic mass is 9.94. The van der Waals surface area contributed by atoms with Gasteiger partial charge in [-0.15, -0.1) is 0 Å². The summed E-state index contributed by atoms with van der Waals surface area (Å²) in [4.78, 5) is 17.9. The van der Waals surface area contributed by atoms with Gasteiger partial charge in [-0.05, 0) is 43.2 Å². The molecule has 1 fully saturated rings. The Morgan fingerprint density at radius 3 is 2.63 bits per heavy atom. The van der Waals surface area contributed by atoms with Crippen molar-refractivity contribution < 1.29 is 14.3 Å². The van der Waals surface area contributed by atoms with Crippen LogP contribution >= 0.6 is 0 Å². The minimum Gasteiger partial charge on any atom is -0.393 e. The molecule has 0 spiro atoms. The van der Waals surface area contributed by atoms with E-state index in [1.54, 1.807) is 6.07 Å². The topological polar surface area (TPSA) is 68.4 Å². The number of nitrogens with one attached hydrogen (secondary N) is 2. The maximum Gasteiger partial charge on any atom is 0.257 e. The number of H-pyrrole nitrogens is 1. The molecular weight excluding hydrogens is 345 g/mol. The van der Waals surface area contributed by atoms with Gasteiger partial charge < -0.3 is 20.3 Å². The zero-order valence-corrected chi connectivity index (χ0v) is 14.1. The van der Waals surface area contributed by atoms with Crippen LogP contribution in [0.15, 0.2) is 36.5 Å². The Kier molecular flexibility index (Phi) is 4.15. The Bertz CT molecular complexity index is 1020. The zero-order valence-electron chi connectivity index (χ0n) is 14.1. The molecule has 1 saturated heterocycles. The molecule has 140 valence electrons. The molecule has 27 heavy (non-hydrogen) atoms. The largest absolute Gasteiger partial charge is 0.393 e. The second-order valence-electron chi connectivity index (χ2n) is 6.92. The lowest BCUT2D eigenvalue weighted by Crippen LogP contribution is -2.36. The van der Waals surface area contributed by atoms with E-state index in [9.17, 15) is 14.3 Å². The predicted octanol–water partition coefficient (Wildman–Crippen LogP) is 4.14. The number of anilines is 2. The van der Waals surface area contributed by atoms with Crippen LogP contribution in [0.25, 0.3) is 22.0 Å². The van der Waals surface area contributed by atoms with Gasteiger partial charge in [-0.3, -0.25) is 4.79 Å². The van der Waals surface area contributed by atoms with Gasteiger partial charge in [-0.2, -0.15) is 0 Å². The van der Waals surface area contributed by atoms with Crippen LogP contribution in [0.2, 0.25) is 0 Å². The first kappa shape index (κ1) is 17.5. The third-order valence-electron chi connectivity index (χ3n) is 5.38. The first-order chi connectivity index (χ1) is 12.6. The molecule has 1 amide bonds. The number of aliphatic hydroxyl groups is 1. The number of hydrogen-bond donors (Lipinski definition) is 3. The van der Waals surface area contributed by atoms with Crippen LogP contribution in [0.1, 0.15) is 30.6 Å². The summed E-state index contributed by atoms with van der Waals surface area (Å²) in [6.07, 6.45) is 2.81. The fourth-order valence-electron chi connectivity index (χ4n) is 4.09. The van der Waals surface area contributed by atoms with Crippen LogP contribution < -0.4 is 10.2 Å². The standard InChI is InChI=1S/C20H18FN3O2.CH4/c21-13-3-4-15-19-17(20(26)23-15)12(14-2-1-7-22-14)10-16(18(13)19)24-8-5-11(25)6-9-24;/h1-4,7,10-11,22,25H,5-6,8-9H2,(H,23,26);1H4. The quantitative estimate of drug-likeness (QED) is 0.638. The number of aliphatic hydroxyl groups excluding tert-OH is 1. The van der Waals surface area contributed by atoms with Crippen molar-refractivity contribution in [1.29, 1.82) is 0 Å². The molecule has 0 unspecified atom stereocenters. The van der Waals surface area contributed by atoms with Gasteiger partial charge in [0, 0.05) is 52.7 Å². The average molecular weight is 367 g/mol. The Balaban J connectivity index is 0.00000180. The zero-order chi connectivity index (χ0) is 17.8. The third-order valence-corrected chi connectivity index (χ3v) is 5.38. The smallest absolute Gasteiger partial charge is 0.257 e. The SMILES string of the molecule is C.O=C1Nc2ccc(F)c3c(N4CCC(O)CC4)cc(-c4ccc[nH]4)c1c23. The van der Waals surface area contributed by atoms with E-state index >= 15 is 0 Å². The summed E-state index contributed by atoms with van der Waals surface area (Å²) < 4.78 is 14.8. The maximum absolute atomic E-state index is 14.8. The molecule has 3 N–H and O–H groups in total. The molecule has 3 heterocycles. The first-order valence-corrected chi connectivity index (χ1v) is 8.81. The van der Waals surface area contributed by atoms with Gasteiger partial charge in [0.25, 0.3) is 5.91 Å². The van der Waals surface area contributed by atoms with Crippen molar-refractivity contribution in [2.24, 2.45) is 0 Å². The van der Waals surface area contributed by atoms with Crippen molar-refractivity contribution in [2.75, 3.05) is 23.3 Å². The lowest BCUT2D eigenvalue weighted by molar-refractivity contribution is 0.103. The summed E-state index contributed by atoms with van der Waals surface area (Å²) in [6.45, 7) is 1.32. The molecule has 2 aromatic carbocycles. The lowest BCUT2D eigenvalue weighted by Gasteiger charge is -2.33. The molecule has 5 nitrogen and oxygen atoms in total. The van der Waals surface area contributed by atoms with Crippen molar-refractivity contribution in [3.8, 4) is 11.3 Å². The highest BCUT2D eigenvalue weighted by molar-refractivity contribution is 6.28. The number of aromatic amines is 1. The Morgan fingerprint density at radius 2 is 1.93 bits per heavy atom. The fourth-order valence-corrected chi connectivity index (χ4v) is 4.09. The Morgan fingerprint density at radius 1 is 1.15 bits per heavy atom. The van der Waals surface area contributed by atoms with Crippen LogP contribution in [0.4, 0.5) is 15.8 Å². The van der Waals surface area contributed by atoms with Gasteiger partial charge in [0.1, 0.15) is 5.82 Å². The van der Waals surface area contributed by atoms with E-state index in [1.807, 2.05) is 24.4 Å². The number of aromatic nitrogens is 1. The number of rotatable bonds is 2. The van der Waals surface area contributed by atoms with Gasteiger partial charge in [-0.25, -0.2) is 4.39 Å². The highest BCUT2D eigenvalue weighted by atomic mass is 19.1. The van der Waals surface area contributed by atoms with Crippen molar-refractivity contribution in [2.45, 2.75) is 26.4 Å². The highest BCUT2D eigenvalue weighted by Crippen LogP contribution is 2.45.